The molecule has 1 aliphatic heterocycles. The van der Waals surface area contributed by atoms with Gasteiger partial charge in [-0.3, -0.25) is 9.69 Å². The summed E-state index contributed by atoms with van der Waals surface area (Å²) < 4.78 is 24.6. The minimum absolute atomic E-state index is 0.173. The number of nitrogens with zero attached hydrogens (tertiary/aromatic N) is 2. The van der Waals surface area contributed by atoms with Crippen LogP contribution >= 0.6 is 0 Å². The summed E-state index contributed by atoms with van der Waals surface area (Å²) >= 11 is 0. The van der Waals surface area contributed by atoms with Crippen molar-refractivity contribution in [3.63, 3.8) is 0 Å². The van der Waals surface area contributed by atoms with E-state index < -0.39 is 18.0 Å². The summed E-state index contributed by atoms with van der Waals surface area (Å²) in [4.78, 5) is 18.9. The van der Waals surface area contributed by atoms with E-state index in [0.717, 1.165) is 32.4 Å². The van der Waals surface area contributed by atoms with Crippen molar-refractivity contribution < 1.29 is 23.4 Å². The Bertz CT molecular complexity index is 852. The van der Waals surface area contributed by atoms with Crippen molar-refractivity contribution in [1.29, 1.82) is 0 Å². The van der Waals surface area contributed by atoms with Crippen LogP contribution in [-0.2, 0) is 0 Å². The Morgan fingerprint density at radius 3 is 2.83 bits per heavy atom. The number of carbonyl (C=O) groups excluding carboxylic acids is 1. The highest BCUT2D eigenvalue weighted by atomic mass is 19.1. The molecule has 1 amide bonds. The maximum Gasteiger partial charge on any atom is 0.289 e. The largest absolute Gasteiger partial charge is 0.487 e. The minimum atomic E-state index is -0.808. The molecule has 1 aliphatic carbocycles. The molecule has 2 N–H and O–H groups in total. The van der Waals surface area contributed by atoms with Gasteiger partial charge in [0, 0.05) is 12.5 Å². The van der Waals surface area contributed by atoms with E-state index >= 15 is 0 Å². The smallest absolute Gasteiger partial charge is 0.289 e. The molecule has 1 saturated heterocycles. The van der Waals surface area contributed by atoms with Gasteiger partial charge in [-0.05, 0) is 45.0 Å². The Balaban J connectivity index is 1.53. The van der Waals surface area contributed by atoms with Gasteiger partial charge >= 0.3 is 0 Å². The standard InChI is InChI=1S/C21H26FN3O4/c1-13-20(28-12-23-13)21(27)24-16-11-17(29-15-7-5-6-14(22)10-15)19(26)18(16)25-8-3-2-4-9-25/h5-7,10,12,16-19,26H,2-4,8-9,11H2,1H3,(H,24,27)/t16-,17-,18+,19+/m1/s1. The zero-order valence-electron chi connectivity index (χ0n) is 16.4. The number of carbonyl (C=O) groups is 1. The summed E-state index contributed by atoms with van der Waals surface area (Å²) in [5.41, 5.74) is 0.517. The zero-order valence-corrected chi connectivity index (χ0v) is 16.4. The van der Waals surface area contributed by atoms with Gasteiger partial charge in [-0.25, -0.2) is 9.37 Å². The van der Waals surface area contributed by atoms with Crippen LogP contribution in [-0.4, -0.2) is 58.3 Å². The highest BCUT2D eigenvalue weighted by Crippen LogP contribution is 2.31. The van der Waals surface area contributed by atoms with Crippen LogP contribution in [0.2, 0.25) is 0 Å². The summed E-state index contributed by atoms with van der Waals surface area (Å²) in [6.45, 7) is 3.43. The number of nitrogens with one attached hydrogen (secondary N) is 1. The number of ether oxygens (including phenoxy) is 1. The van der Waals surface area contributed by atoms with Crippen molar-refractivity contribution >= 4 is 5.91 Å². The number of rotatable bonds is 5. The van der Waals surface area contributed by atoms with Gasteiger partial charge in [-0.2, -0.15) is 0 Å². The summed E-state index contributed by atoms with van der Waals surface area (Å²) in [6.07, 6.45) is 3.57. The van der Waals surface area contributed by atoms with Crippen molar-refractivity contribution in [3.8, 4) is 5.75 Å². The van der Waals surface area contributed by atoms with E-state index in [1.165, 1.54) is 18.5 Å². The minimum Gasteiger partial charge on any atom is -0.487 e. The maximum absolute atomic E-state index is 13.5. The molecule has 2 fully saturated rings. The number of hydrogen-bond donors (Lipinski definition) is 2. The summed E-state index contributed by atoms with van der Waals surface area (Å²) in [5, 5.41) is 14.1. The van der Waals surface area contributed by atoms with Gasteiger partial charge in [0.2, 0.25) is 5.76 Å². The van der Waals surface area contributed by atoms with Crippen LogP contribution in [0.3, 0.4) is 0 Å². The number of halogens is 1. The molecule has 0 unspecified atom stereocenters. The van der Waals surface area contributed by atoms with Crippen molar-refractivity contribution in [1.82, 2.24) is 15.2 Å². The Kier molecular flexibility index (Phi) is 5.82. The van der Waals surface area contributed by atoms with Crippen molar-refractivity contribution in [2.75, 3.05) is 13.1 Å². The van der Waals surface area contributed by atoms with Gasteiger partial charge in [-0.15, -0.1) is 0 Å². The fourth-order valence-corrected chi connectivity index (χ4v) is 4.41. The first-order chi connectivity index (χ1) is 14.0. The second-order valence-electron chi connectivity index (χ2n) is 7.77. The predicted octanol–water partition coefficient (Wildman–Crippen LogP) is 2.29. The number of benzene rings is 1. The molecule has 156 valence electrons. The van der Waals surface area contributed by atoms with E-state index in [4.69, 9.17) is 9.15 Å². The van der Waals surface area contributed by atoms with Crippen LogP contribution in [0.1, 0.15) is 41.9 Å². The Morgan fingerprint density at radius 2 is 2.14 bits per heavy atom. The van der Waals surface area contributed by atoms with Gasteiger partial charge in [0.1, 0.15) is 23.8 Å². The lowest BCUT2D eigenvalue weighted by Crippen LogP contribution is -2.54. The SMILES string of the molecule is Cc1ncoc1C(=O)N[C@@H]1C[C@@H](Oc2cccc(F)c2)[C@H](O)[C@H]1N1CCCCC1. The van der Waals surface area contributed by atoms with Gasteiger partial charge in [0.25, 0.3) is 5.91 Å². The quantitative estimate of drug-likeness (QED) is 0.797. The first-order valence-corrected chi connectivity index (χ1v) is 10.1. The van der Waals surface area contributed by atoms with Crippen LogP contribution in [0.4, 0.5) is 4.39 Å². The van der Waals surface area contributed by atoms with Crippen LogP contribution in [0, 0.1) is 12.7 Å². The number of amides is 1. The Morgan fingerprint density at radius 1 is 1.34 bits per heavy atom. The molecule has 1 aromatic heterocycles. The summed E-state index contributed by atoms with van der Waals surface area (Å²) in [7, 11) is 0. The maximum atomic E-state index is 13.5. The zero-order chi connectivity index (χ0) is 20.4. The van der Waals surface area contributed by atoms with Crippen molar-refractivity contribution in [2.45, 2.75) is 56.9 Å². The molecule has 2 aliphatic rings. The van der Waals surface area contributed by atoms with E-state index in [2.05, 4.69) is 15.2 Å². The first-order valence-electron chi connectivity index (χ1n) is 10.1. The summed E-state index contributed by atoms with van der Waals surface area (Å²) in [5.74, 6) is -0.213. The van der Waals surface area contributed by atoms with E-state index in [1.54, 1.807) is 19.1 Å². The van der Waals surface area contributed by atoms with E-state index in [9.17, 15) is 14.3 Å². The van der Waals surface area contributed by atoms with Gasteiger partial charge in [0.15, 0.2) is 6.39 Å². The second kappa shape index (κ2) is 8.51. The number of aliphatic hydroxyl groups excluding tert-OH is 1. The lowest BCUT2D eigenvalue weighted by molar-refractivity contribution is 0.00132. The van der Waals surface area contributed by atoms with Gasteiger partial charge in [0.05, 0.1) is 17.8 Å². The van der Waals surface area contributed by atoms with Crippen molar-refractivity contribution in [3.05, 3.63) is 47.9 Å². The van der Waals surface area contributed by atoms with E-state index in [1.807, 2.05) is 0 Å². The fourth-order valence-electron chi connectivity index (χ4n) is 4.41. The highest BCUT2D eigenvalue weighted by Gasteiger charge is 2.47. The average Bonchev–Trinajstić information content (AvgIpc) is 3.26. The lowest BCUT2D eigenvalue weighted by atomic mass is 10.0. The molecule has 4 atom stereocenters. The molecule has 1 aromatic carbocycles. The van der Waals surface area contributed by atoms with E-state index in [0.29, 0.717) is 17.9 Å². The molecule has 29 heavy (non-hydrogen) atoms. The predicted molar refractivity (Wildman–Crippen MR) is 103 cm³/mol. The molecule has 0 radical (unpaired) electrons. The lowest BCUT2D eigenvalue weighted by Gasteiger charge is -2.37. The monoisotopic (exact) mass is 403 g/mol. The molecule has 7 nitrogen and oxygen atoms in total. The Hall–Kier alpha value is -2.45. The number of piperidine rings is 1. The average molecular weight is 403 g/mol. The number of hydrogen-bond acceptors (Lipinski definition) is 6. The van der Waals surface area contributed by atoms with E-state index in [-0.39, 0.29) is 23.8 Å². The van der Waals surface area contributed by atoms with Crippen LogP contribution < -0.4 is 10.1 Å². The molecule has 2 heterocycles. The molecule has 2 aromatic rings. The molecule has 0 spiro atoms. The van der Waals surface area contributed by atoms with Crippen molar-refractivity contribution in [2.24, 2.45) is 0 Å². The second-order valence-corrected chi connectivity index (χ2v) is 7.77. The number of oxazole rings is 1. The summed E-state index contributed by atoms with van der Waals surface area (Å²) in [6, 6.07) is 5.28. The highest BCUT2D eigenvalue weighted by molar-refractivity contribution is 5.92. The van der Waals surface area contributed by atoms with Gasteiger partial charge in [-0.1, -0.05) is 12.5 Å². The number of aromatic nitrogens is 1. The third-order valence-electron chi connectivity index (χ3n) is 5.79. The van der Waals surface area contributed by atoms with Gasteiger partial charge < -0.3 is 19.6 Å². The molecular weight excluding hydrogens is 377 g/mol. The molecular formula is C21H26FN3O4. The van der Waals surface area contributed by atoms with Crippen LogP contribution in [0.25, 0.3) is 0 Å². The molecule has 8 heteroatoms. The molecule has 4 rings (SSSR count). The number of aliphatic hydroxyl groups is 1. The number of likely N-dealkylation sites (tertiary alicyclic amines) is 1. The molecule has 0 bridgehead atoms. The molecule has 1 saturated carbocycles. The number of aryl methyl sites for hydroxylation is 1. The van der Waals surface area contributed by atoms with Crippen LogP contribution in [0.15, 0.2) is 35.1 Å². The Labute approximate surface area is 168 Å². The third-order valence-corrected chi connectivity index (χ3v) is 5.79. The third kappa shape index (κ3) is 4.28. The fraction of sp³-hybridized carbons (Fsp3) is 0.524. The first kappa shape index (κ1) is 19.8. The normalized spacial score (nSPS) is 27.7. The topological polar surface area (TPSA) is 87.8 Å². The van der Waals surface area contributed by atoms with Crippen LogP contribution in [0.5, 0.6) is 5.75 Å².